The average Bonchev–Trinajstić information content (AvgIpc) is 3.46. The van der Waals surface area contributed by atoms with E-state index in [4.69, 9.17) is 4.74 Å². The van der Waals surface area contributed by atoms with Crippen molar-refractivity contribution in [3.05, 3.63) is 123 Å². The molecule has 1 aliphatic rings. The van der Waals surface area contributed by atoms with E-state index in [1.165, 1.54) is 16.2 Å². The topological polar surface area (TPSA) is 96.8 Å². The van der Waals surface area contributed by atoms with E-state index in [-0.39, 0.29) is 18.7 Å². The number of aryl methyl sites for hydroxylation is 2. The van der Waals surface area contributed by atoms with Gasteiger partial charge in [-0.1, -0.05) is 72.3 Å². The third-order valence-electron chi connectivity index (χ3n) is 6.75. The number of aliphatic hydroxyl groups is 1. The van der Waals surface area contributed by atoms with Gasteiger partial charge in [0.15, 0.2) is 5.76 Å². The number of ketones is 1. The van der Waals surface area contributed by atoms with Gasteiger partial charge in [0.2, 0.25) is 5.78 Å². The number of ether oxygens (including phenoxy) is 1. The van der Waals surface area contributed by atoms with Gasteiger partial charge in [-0.2, -0.15) is 0 Å². The molecular formula is C32H28N2O5S. The predicted molar refractivity (Wildman–Crippen MR) is 153 cm³/mol. The highest BCUT2D eigenvalue weighted by Crippen LogP contribution is 2.42. The number of thiazole rings is 1. The van der Waals surface area contributed by atoms with Crippen LogP contribution in [0.2, 0.25) is 0 Å². The van der Waals surface area contributed by atoms with Crippen LogP contribution in [-0.2, 0) is 16.1 Å². The standard InChI is InChI=1S/C32H28N2O5S/c1-4-39-32(38)23-15-13-21(14-16-23)18-34-26(24-12-8-9-19(2)17-24)25(28(36)31(34)37)27(35)29-20(3)33-30(40-29)22-10-6-5-7-11-22/h5-17,26,36H,4,18H2,1-3H3. The molecule has 4 aromatic rings. The van der Waals surface area contributed by atoms with Gasteiger partial charge < -0.3 is 14.7 Å². The highest BCUT2D eigenvalue weighted by molar-refractivity contribution is 7.17. The lowest BCUT2D eigenvalue weighted by atomic mass is 9.94. The SMILES string of the molecule is CCOC(=O)c1ccc(CN2C(=O)C(O)=C(C(=O)c3sc(-c4ccccc4)nc3C)C2c2cccc(C)c2)cc1. The molecule has 40 heavy (non-hydrogen) atoms. The molecule has 1 aliphatic heterocycles. The first kappa shape index (κ1) is 27.0. The van der Waals surface area contributed by atoms with Crippen LogP contribution >= 0.6 is 11.3 Å². The minimum absolute atomic E-state index is 0.0325. The van der Waals surface area contributed by atoms with Crippen LogP contribution in [0.1, 0.15) is 55.4 Å². The van der Waals surface area contributed by atoms with E-state index < -0.39 is 29.5 Å². The summed E-state index contributed by atoms with van der Waals surface area (Å²) in [7, 11) is 0. The third kappa shape index (κ3) is 5.18. The first-order chi connectivity index (χ1) is 19.3. The van der Waals surface area contributed by atoms with Gasteiger partial charge in [-0.25, -0.2) is 9.78 Å². The fourth-order valence-corrected chi connectivity index (χ4v) is 5.85. The van der Waals surface area contributed by atoms with E-state index >= 15 is 0 Å². The van der Waals surface area contributed by atoms with Crippen molar-refractivity contribution in [3.63, 3.8) is 0 Å². The zero-order chi connectivity index (χ0) is 28.4. The Kier molecular flexibility index (Phi) is 7.62. The number of esters is 1. The number of carbonyl (C=O) groups excluding carboxylic acids is 3. The molecule has 8 heteroatoms. The Hall–Kier alpha value is -4.56. The fraction of sp³-hybridized carbons (Fsp3) is 0.188. The molecule has 3 aromatic carbocycles. The molecular weight excluding hydrogens is 524 g/mol. The fourth-order valence-electron chi connectivity index (χ4n) is 4.83. The number of benzene rings is 3. The van der Waals surface area contributed by atoms with Crippen molar-refractivity contribution in [3.8, 4) is 10.6 Å². The molecule has 1 N–H and O–H groups in total. The Bertz CT molecular complexity index is 1620. The number of aromatic nitrogens is 1. The summed E-state index contributed by atoms with van der Waals surface area (Å²) in [6.45, 7) is 5.83. The van der Waals surface area contributed by atoms with Crippen LogP contribution in [0.25, 0.3) is 10.6 Å². The third-order valence-corrected chi connectivity index (χ3v) is 7.95. The number of hydrogen-bond donors (Lipinski definition) is 1. The summed E-state index contributed by atoms with van der Waals surface area (Å²) < 4.78 is 5.06. The summed E-state index contributed by atoms with van der Waals surface area (Å²) in [5, 5.41) is 11.8. The molecule has 202 valence electrons. The number of aliphatic hydroxyl groups excluding tert-OH is 1. The average molecular weight is 553 g/mol. The largest absolute Gasteiger partial charge is 0.503 e. The van der Waals surface area contributed by atoms with Crippen molar-refractivity contribution in [2.24, 2.45) is 0 Å². The molecule has 0 bridgehead atoms. The van der Waals surface area contributed by atoms with Gasteiger partial charge in [0, 0.05) is 12.1 Å². The molecule has 2 heterocycles. The van der Waals surface area contributed by atoms with Gasteiger partial charge >= 0.3 is 5.97 Å². The van der Waals surface area contributed by atoms with Crippen LogP contribution in [0.5, 0.6) is 0 Å². The van der Waals surface area contributed by atoms with E-state index in [0.29, 0.717) is 26.7 Å². The van der Waals surface area contributed by atoms with Crippen LogP contribution in [0, 0.1) is 13.8 Å². The van der Waals surface area contributed by atoms with Crippen LogP contribution in [0.3, 0.4) is 0 Å². The molecule has 1 atom stereocenters. The molecule has 0 spiro atoms. The minimum atomic E-state index is -0.800. The molecule has 1 aromatic heterocycles. The number of hydrogen-bond acceptors (Lipinski definition) is 7. The van der Waals surface area contributed by atoms with Gasteiger partial charge in [-0.15, -0.1) is 11.3 Å². The summed E-state index contributed by atoms with van der Waals surface area (Å²) in [6, 6.07) is 23.1. The molecule has 0 saturated heterocycles. The second-order valence-electron chi connectivity index (χ2n) is 9.56. The maximum atomic E-state index is 14.0. The summed E-state index contributed by atoms with van der Waals surface area (Å²) in [6.07, 6.45) is 0. The van der Waals surface area contributed by atoms with E-state index in [2.05, 4.69) is 4.98 Å². The van der Waals surface area contributed by atoms with Gasteiger partial charge in [0.25, 0.3) is 5.91 Å². The summed E-state index contributed by atoms with van der Waals surface area (Å²) in [5.41, 5.74) is 4.28. The van der Waals surface area contributed by atoms with E-state index in [9.17, 15) is 19.5 Å². The number of amides is 1. The minimum Gasteiger partial charge on any atom is -0.503 e. The van der Waals surface area contributed by atoms with Crippen molar-refractivity contribution < 1.29 is 24.2 Å². The Morgan fingerprint density at radius 1 is 1.00 bits per heavy atom. The normalized spacial score (nSPS) is 15.0. The van der Waals surface area contributed by atoms with Crippen molar-refractivity contribution in [2.75, 3.05) is 6.61 Å². The van der Waals surface area contributed by atoms with Crippen molar-refractivity contribution in [1.82, 2.24) is 9.88 Å². The van der Waals surface area contributed by atoms with Crippen LogP contribution < -0.4 is 0 Å². The number of nitrogens with zero attached hydrogens (tertiary/aromatic N) is 2. The second kappa shape index (κ2) is 11.3. The Morgan fingerprint density at radius 2 is 1.73 bits per heavy atom. The number of rotatable bonds is 8. The molecule has 1 amide bonds. The lowest BCUT2D eigenvalue weighted by Gasteiger charge is -2.27. The number of carbonyl (C=O) groups is 3. The van der Waals surface area contributed by atoms with E-state index in [0.717, 1.165) is 16.7 Å². The molecule has 1 unspecified atom stereocenters. The monoisotopic (exact) mass is 552 g/mol. The van der Waals surface area contributed by atoms with Gasteiger partial charge in [0.1, 0.15) is 5.01 Å². The zero-order valence-electron chi connectivity index (χ0n) is 22.4. The molecule has 0 saturated carbocycles. The zero-order valence-corrected chi connectivity index (χ0v) is 23.2. The van der Waals surface area contributed by atoms with Crippen molar-refractivity contribution >= 4 is 29.0 Å². The van der Waals surface area contributed by atoms with Crippen LogP contribution in [0.15, 0.2) is 90.2 Å². The maximum absolute atomic E-state index is 14.0. The van der Waals surface area contributed by atoms with E-state index in [1.807, 2.05) is 61.5 Å². The van der Waals surface area contributed by atoms with Crippen molar-refractivity contribution in [1.29, 1.82) is 0 Å². The first-order valence-corrected chi connectivity index (χ1v) is 13.7. The summed E-state index contributed by atoms with van der Waals surface area (Å²) >= 11 is 1.25. The molecule has 0 radical (unpaired) electrons. The van der Waals surface area contributed by atoms with Crippen LogP contribution in [-0.4, -0.2) is 39.3 Å². The van der Waals surface area contributed by atoms with Gasteiger partial charge in [-0.05, 0) is 44.0 Å². The Balaban J connectivity index is 1.52. The smallest absolute Gasteiger partial charge is 0.338 e. The molecule has 0 fully saturated rings. The lowest BCUT2D eigenvalue weighted by molar-refractivity contribution is -0.130. The number of Topliss-reactive ketones (excluding diaryl/α,β-unsaturated/α-hetero) is 1. The maximum Gasteiger partial charge on any atom is 0.338 e. The summed E-state index contributed by atoms with van der Waals surface area (Å²) in [4.78, 5) is 46.1. The van der Waals surface area contributed by atoms with Gasteiger partial charge in [-0.3, -0.25) is 9.59 Å². The Labute approximate surface area is 236 Å². The highest BCUT2D eigenvalue weighted by atomic mass is 32.1. The first-order valence-electron chi connectivity index (χ1n) is 12.9. The lowest BCUT2D eigenvalue weighted by Crippen LogP contribution is -2.30. The predicted octanol–water partition coefficient (Wildman–Crippen LogP) is 6.38. The summed E-state index contributed by atoms with van der Waals surface area (Å²) in [5.74, 6) is -2.04. The Morgan fingerprint density at radius 3 is 2.40 bits per heavy atom. The van der Waals surface area contributed by atoms with Gasteiger partial charge in [0.05, 0.1) is 34.4 Å². The van der Waals surface area contributed by atoms with E-state index in [1.54, 1.807) is 38.1 Å². The molecule has 5 rings (SSSR count). The molecule has 0 aliphatic carbocycles. The highest BCUT2D eigenvalue weighted by Gasteiger charge is 2.44. The van der Waals surface area contributed by atoms with Crippen molar-refractivity contribution in [2.45, 2.75) is 33.4 Å². The molecule has 7 nitrogen and oxygen atoms in total. The second-order valence-corrected chi connectivity index (χ2v) is 10.6. The van der Waals surface area contributed by atoms with Crippen LogP contribution in [0.4, 0.5) is 0 Å². The quantitative estimate of drug-likeness (QED) is 0.201.